The molecule has 0 bridgehead atoms. The highest BCUT2D eigenvalue weighted by atomic mass is 16.6. The van der Waals surface area contributed by atoms with E-state index >= 15 is 0 Å². The molecule has 0 saturated heterocycles. The van der Waals surface area contributed by atoms with Crippen LogP contribution < -0.4 is 4.74 Å². The van der Waals surface area contributed by atoms with E-state index in [9.17, 15) is 15.2 Å². The van der Waals surface area contributed by atoms with Gasteiger partial charge in [0.1, 0.15) is 12.7 Å². The van der Waals surface area contributed by atoms with E-state index in [2.05, 4.69) is 0 Å². The van der Waals surface area contributed by atoms with Gasteiger partial charge in [-0.05, 0) is 18.6 Å². The van der Waals surface area contributed by atoms with E-state index in [4.69, 9.17) is 4.74 Å². The number of para-hydroxylation sites is 1. The molecule has 20 heavy (non-hydrogen) atoms. The molecule has 0 aliphatic carbocycles. The lowest BCUT2D eigenvalue weighted by Crippen LogP contribution is -2.10. The fraction of sp³-hybridized carbons (Fsp3) is 0.200. The summed E-state index contributed by atoms with van der Waals surface area (Å²) in [5.74, 6) is 0.171. The van der Waals surface area contributed by atoms with Gasteiger partial charge in [-0.25, -0.2) is 0 Å². The fourth-order valence-corrected chi connectivity index (χ4v) is 1.92. The summed E-state index contributed by atoms with van der Waals surface area (Å²) in [6, 6.07) is 13.9. The first-order valence-corrected chi connectivity index (χ1v) is 6.19. The summed E-state index contributed by atoms with van der Waals surface area (Å²) in [6.45, 7) is 1.62. The topological polar surface area (TPSA) is 72.6 Å². The average molecular weight is 273 g/mol. The Balaban J connectivity index is 2.12. The molecule has 5 nitrogen and oxygen atoms in total. The first-order chi connectivity index (χ1) is 9.59. The summed E-state index contributed by atoms with van der Waals surface area (Å²) >= 11 is 0. The van der Waals surface area contributed by atoms with Crippen LogP contribution in [0.25, 0.3) is 0 Å². The van der Waals surface area contributed by atoms with Crippen molar-refractivity contribution in [2.24, 2.45) is 0 Å². The Morgan fingerprint density at radius 1 is 1.20 bits per heavy atom. The second kappa shape index (κ2) is 6.16. The molecule has 0 aliphatic rings. The average Bonchev–Trinajstić information content (AvgIpc) is 2.45. The monoisotopic (exact) mass is 273 g/mol. The molecule has 1 atom stereocenters. The van der Waals surface area contributed by atoms with Crippen molar-refractivity contribution in [3.8, 4) is 5.75 Å². The summed E-state index contributed by atoms with van der Waals surface area (Å²) in [7, 11) is 0. The van der Waals surface area contributed by atoms with E-state index in [1.165, 1.54) is 6.07 Å². The number of nitro groups is 1. The van der Waals surface area contributed by atoms with Crippen molar-refractivity contribution in [2.45, 2.75) is 13.0 Å². The van der Waals surface area contributed by atoms with Crippen molar-refractivity contribution in [1.29, 1.82) is 0 Å². The maximum absolute atomic E-state index is 11.0. The van der Waals surface area contributed by atoms with Crippen molar-refractivity contribution in [2.75, 3.05) is 6.61 Å². The number of hydrogen-bond acceptors (Lipinski definition) is 4. The lowest BCUT2D eigenvalue weighted by Gasteiger charge is -2.13. The van der Waals surface area contributed by atoms with Gasteiger partial charge in [0.15, 0.2) is 5.75 Å². The SMILES string of the molecule is Cc1cccc(OCC(O)c2ccccc2)c1[N+](=O)[O-]. The molecular formula is C15H15NO4. The van der Waals surface area contributed by atoms with Crippen LogP contribution in [0.5, 0.6) is 5.75 Å². The van der Waals surface area contributed by atoms with Crippen molar-refractivity contribution >= 4 is 5.69 Å². The number of nitro benzene ring substituents is 1. The maximum Gasteiger partial charge on any atom is 0.313 e. The van der Waals surface area contributed by atoms with Crippen LogP contribution in [-0.4, -0.2) is 16.6 Å². The van der Waals surface area contributed by atoms with E-state index < -0.39 is 11.0 Å². The van der Waals surface area contributed by atoms with Crippen LogP contribution in [0.1, 0.15) is 17.2 Å². The molecule has 5 heteroatoms. The van der Waals surface area contributed by atoms with Gasteiger partial charge in [-0.3, -0.25) is 10.1 Å². The van der Waals surface area contributed by atoms with Crippen LogP contribution in [0.2, 0.25) is 0 Å². The zero-order chi connectivity index (χ0) is 14.5. The molecule has 1 N–H and O–H groups in total. The zero-order valence-corrected chi connectivity index (χ0v) is 11.0. The van der Waals surface area contributed by atoms with Crippen LogP contribution in [0, 0.1) is 17.0 Å². The van der Waals surface area contributed by atoms with E-state index in [1.807, 2.05) is 18.2 Å². The first-order valence-electron chi connectivity index (χ1n) is 6.19. The Morgan fingerprint density at radius 2 is 1.90 bits per heavy atom. The Kier molecular flexibility index (Phi) is 4.32. The second-order valence-corrected chi connectivity index (χ2v) is 4.42. The molecule has 2 rings (SSSR count). The Bertz CT molecular complexity index is 598. The van der Waals surface area contributed by atoms with Gasteiger partial charge in [-0.1, -0.05) is 42.5 Å². The minimum atomic E-state index is -0.823. The molecule has 2 aromatic rings. The normalized spacial score (nSPS) is 11.9. The van der Waals surface area contributed by atoms with Crippen LogP contribution in [0.4, 0.5) is 5.69 Å². The Labute approximate surface area is 116 Å². The molecule has 1 unspecified atom stereocenters. The predicted molar refractivity (Wildman–Crippen MR) is 74.7 cm³/mol. The molecular weight excluding hydrogens is 258 g/mol. The molecule has 0 aromatic heterocycles. The van der Waals surface area contributed by atoms with E-state index in [0.717, 1.165) is 0 Å². The van der Waals surface area contributed by atoms with Gasteiger partial charge < -0.3 is 9.84 Å². The van der Waals surface area contributed by atoms with Crippen LogP contribution in [0.3, 0.4) is 0 Å². The maximum atomic E-state index is 11.0. The van der Waals surface area contributed by atoms with Gasteiger partial charge in [-0.15, -0.1) is 0 Å². The minimum Gasteiger partial charge on any atom is -0.484 e. The third-order valence-corrected chi connectivity index (χ3v) is 2.96. The number of aliphatic hydroxyl groups excluding tert-OH is 1. The lowest BCUT2D eigenvalue weighted by molar-refractivity contribution is -0.386. The van der Waals surface area contributed by atoms with Gasteiger partial charge in [0, 0.05) is 5.56 Å². The van der Waals surface area contributed by atoms with Crippen molar-refractivity contribution in [1.82, 2.24) is 0 Å². The Hall–Kier alpha value is -2.40. The van der Waals surface area contributed by atoms with E-state index in [0.29, 0.717) is 11.1 Å². The van der Waals surface area contributed by atoms with Crippen LogP contribution >= 0.6 is 0 Å². The van der Waals surface area contributed by atoms with Gasteiger partial charge in [-0.2, -0.15) is 0 Å². The number of ether oxygens (including phenoxy) is 1. The van der Waals surface area contributed by atoms with Crippen molar-refractivity contribution < 1.29 is 14.8 Å². The largest absolute Gasteiger partial charge is 0.484 e. The molecule has 0 heterocycles. The summed E-state index contributed by atoms with van der Waals surface area (Å²) in [6.07, 6.45) is -0.823. The fourth-order valence-electron chi connectivity index (χ4n) is 1.92. The summed E-state index contributed by atoms with van der Waals surface area (Å²) < 4.78 is 5.40. The molecule has 0 amide bonds. The highest BCUT2D eigenvalue weighted by Crippen LogP contribution is 2.30. The molecule has 104 valence electrons. The standard InChI is InChI=1S/C15H15NO4/c1-11-6-5-9-14(15(11)16(18)19)20-10-13(17)12-7-3-2-4-8-12/h2-9,13,17H,10H2,1H3. The van der Waals surface area contributed by atoms with Crippen LogP contribution in [-0.2, 0) is 0 Å². The molecule has 0 spiro atoms. The predicted octanol–water partition coefficient (Wildman–Crippen LogP) is 3.02. The van der Waals surface area contributed by atoms with Crippen LogP contribution in [0.15, 0.2) is 48.5 Å². The molecule has 0 radical (unpaired) electrons. The minimum absolute atomic E-state index is 0.0334. The molecule has 2 aromatic carbocycles. The smallest absolute Gasteiger partial charge is 0.313 e. The van der Waals surface area contributed by atoms with Gasteiger partial charge in [0.2, 0.25) is 0 Å². The van der Waals surface area contributed by atoms with Gasteiger partial charge in [0.05, 0.1) is 4.92 Å². The summed E-state index contributed by atoms with van der Waals surface area (Å²) in [5, 5.41) is 21.0. The number of benzene rings is 2. The first kappa shape index (κ1) is 14.0. The second-order valence-electron chi connectivity index (χ2n) is 4.42. The zero-order valence-electron chi connectivity index (χ0n) is 11.0. The third kappa shape index (κ3) is 3.13. The summed E-state index contributed by atoms with van der Waals surface area (Å²) in [5.41, 5.74) is 1.18. The number of nitrogens with zero attached hydrogens (tertiary/aromatic N) is 1. The Morgan fingerprint density at radius 3 is 2.55 bits per heavy atom. The van der Waals surface area contributed by atoms with E-state index in [-0.39, 0.29) is 18.0 Å². The molecule has 0 saturated carbocycles. The van der Waals surface area contributed by atoms with Crippen molar-refractivity contribution in [3.63, 3.8) is 0 Å². The van der Waals surface area contributed by atoms with Gasteiger partial charge in [0.25, 0.3) is 0 Å². The highest BCUT2D eigenvalue weighted by Gasteiger charge is 2.19. The molecule has 0 aliphatic heterocycles. The lowest BCUT2D eigenvalue weighted by atomic mass is 10.1. The third-order valence-electron chi connectivity index (χ3n) is 2.96. The number of aliphatic hydroxyl groups is 1. The highest BCUT2D eigenvalue weighted by molar-refractivity contribution is 5.52. The van der Waals surface area contributed by atoms with Gasteiger partial charge >= 0.3 is 5.69 Å². The number of rotatable bonds is 5. The van der Waals surface area contributed by atoms with E-state index in [1.54, 1.807) is 31.2 Å². The summed E-state index contributed by atoms with van der Waals surface area (Å²) in [4.78, 5) is 10.5. The van der Waals surface area contributed by atoms with Crippen molar-refractivity contribution in [3.05, 3.63) is 69.8 Å². The quantitative estimate of drug-likeness (QED) is 0.671. The number of hydrogen-bond donors (Lipinski definition) is 1. The molecule has 0 fully saturated rings. The number of aryl methyl sites for hydroxylation is 1.